The Morgan fingerprint density at radius 1 is 0.931 bits per heavy atom. The monoisotopic (exact) mass is 392 g/mol. The van der Waals surface area contributed by atoms with Crippen LogP contribution in [0.15, 0.2) is 48.5 Å². The van der Waals surface area contributed by atoms with Crippen molar-refractivity contribution in [2.75, 3.05) is 26.7 Å². The zero-order chi connectivity index (χ0) is 20.2. The number of benzene rings is 2. The number of ether oxygens (including phenoxy) is 1. The van der Waals surface area contributed by atoms with Crippen LogP contribution >= 0.6 is 0 Å². The van der Waals surface area contributed by atoms with Gasteiger partial charge in [0.25, 0.3) is 5.91 Å². The number of amides is 2. The van der Waals surface area contributed by atoms with Crippen LogP contribution in [0.4, 0.5) is 0 Å². The van der Waals surface area contributed by atoms with E-state index in [1.807, 2.05) is 28.0 Å². The van der Waals surface area contributed by atoms with Crippen LogP contribution in [0, 0.1) is 5.92 Å². The molecule has 152 valence electrons. The van der Waals surface area contributed by atoms with Gasteiger partial charge in [0.1, 0.15) is 5.75 Å². The molecule has 0 aromatic heterocycles. The minimum atomic E-state index is 0.00891. The van der Waals surface area contributed by atoms with Gasteiger partial charge in [-0.1, -0.05) is 30.3 Å². The smallest absolute Gasteiger partial charge is 0.253 e. The van der Waals surface area contributed by atoms with Crippen LogP contribution in [0.2, 0.25) is 0 Å². The average molecular weight is 392 g/mol. The third kappa shape index (κ3) is 4.29. The molecule has 2 aromatic rings. The molecule has 29 heavy (non-hydrogen) atoms. The van der Waals surface area contributed by atoms with E-state index in [9.17, 15) is 9.59 Å². The molecular formula is C24H28N2O3. The molecule has 5 nitrogen and oxygen atoms in total. The van der Waals surface area contributed by atoms with Crippen LogP contribution in [0.5, 0.6) is 5.75 Å². The maximum absolute atomic E-state index is 13.2. The van der Waals surface area contributed by atoms with Gasteiger partial charge in [-0.25, -0.2) is 0 Å². The number of piperidine rings is 1. The van der Waals surface area contributed by atoms with Crippen molar-refractivity contribution < 1.29 is 14.3 Å². The summed E-state index contributed by atoms with van der Waals surface area (Å²) in [6.07, 6.45) is 3.50. The Morgan fingerprint density at radius 3 is 2.45 bits per heavy atom. The molecule has 2 aromatic carbocycles. The molecule has 0 aliphatic carbocycles. The molecule has 0 unspecified atom stereocenters. The first kappa shape index (κ1) is 19.5. The molecule has 0 atom stereocenters. The summed E-state index contributed by atoms with van der Waals surface area (Å²) in [6.45, 7) is 2.77. The Labute approximate surface area is 172 Å². The van der Waals surface area contributed by atoms with Gasteiger partial charge in [0.2, 0.25) is 5.91 Å². The predicted octanol–water partition coefficient (Wildman–Crippen LogP) is 3.52. The molecule has 2 amide bonds. The first-order valence-electron chi connectivity index (χ1n) is 10.4. The summed E-state index contributed by atoms with van der Waals surface area (Å²) in [5, 5.41) is 0. The molecule has 2 aliphatic heterocycles. The van der Waals surface area contributed by atoms with E-state index in [2.05, 4.69) is 24.3 Å². The second-order valence-electron chi connectivity index (χ2n) is 7.93. The number of methoxy groups -OCH3 is 1. The molecule has 2 aliphatic rings. The number of rotatable bonds is 3. The van der Waals surface area contributed by atoms with E-state index < -0.39 is 0 Å². The van der Waals surface area contributed by atoms with Crippen molar-refractivity contribution in [3.8, 4) is 5.75 Å². The maximum Gasteiger partial charge on any atom is 0.253 e. The highest BCUT2D eigenvalue weighted by Gasteiger charge is 2.31. The summed E-state index contributed by atoms with van der Waals surface area (Å²) in [5.41, 5.74) is 3.27. The Hall–Kier alpha value is -2.82. The van der Waals surface area contributed by atoms with Gasteiger partial charge >= 0.3 is 0 Å². The Kier molecular flexibility index (Phi) is 5.84. The van der Waals surface area contributed by atoms with E-state index >= 15 is 0 Å². The number of hydrogen-bond acceptors (Lipinski definition) is 3. The van der Waals surface area contributed by atoms with Gasteiger partial charge in [-0.05, 0) is 55.0 Å². The fourth-order valence-corrected chi connectivity index (χ4v) is 4.42. The summed E-state index contributed by atoms with van der Waals surface area (Å²) in [5.74, 6) is 0.950. The minimum Gasteiger partial charge on any atom is -0.497 e. The summed E-state index contributed by atoms with van der Waals surface area (Å²) < 4.78 is 5.22. The number of fused-ring (bicyclic) bond motifs is 1. The molecular weight excluding hydrogens is 364 g/mol. The number of likely N-dealkylation sites (tertiary alicyclic amines) is 1. The molecule has 1 saturated heterocycles. The van der Waals surface area contributed by atoms with E-state index in [0.717, 1.165) is 32.2 Å². The largest absolute Gasteiger partial charge is 0.497 e. The van der Waals surface area contributed by atoms with Gasteiger partial charge in [0.15, 0.2) is 0 Å². The van der Waals surface area contributed by atoms with Gasteiger partial charge in [-0.3, -0.25) is 9.59 Å². The lowest BCUT2D eigenvalue weighted by molar-refractivity contribution is -0.137. The second-order valence-corrected chi connectivity index (χ2v) is 7.93. The highest BCUT2D eigenvalue weighted by atomic mass is 16.5. The van der Waals surface area contributed by atoms with Crippen LogP contribution < -0.4 is 4.74 Å². The molecule has 5 heteroatoms. The minimum absolute atomic E-state index is 0.00891. The molecule has 2 heterocycles. The quantitative estimate of drug-likeness (QED) is 0.803. The summed E-state index contributed by atoms with van der Waals surface area (Å²) in [4.78, 5) is 29.8. The lowest BCUT2D eigenvalue weighted by atomic mass is 9.94. The van der Waals surface area contributed by atoms with Crippen molar-refractivity contribution in [2.24, 2.45) is 5.92 Å². The van der Waals surface area contributed by atoms with Crippen LogP contribution in [0.1, 0.15) is 40.7 Å². The highest BCUT2D eigenvalue weighted by molar-refractivity contribution is 5.94. The van der Waals surface area contributed by atoms with Crippen LogP contribution in [-0.4, -0.2) is 48.4 Å². The Balaban J connectivity index is 1.36. The third-order valence-corrected chi connectivity index (χ3v) is 6.11. The number of carbonyl (C=O) groups is 2. The van der Waals surface area contributed by atoms with Crippen molar-refractivity contribution >= 4 is 11.8 Å². The standard InChI is InChI=1S/C24H28N2O3/c1-29-22-10-4-8-20(16-22)24(28)25-14-11-19(12-15-25)23(27)26-13-5-9-18-6-2-3-7-21(18)17-26/h2-4,6-8,10,16,19H,5,9,11-15,17H2,1H3. The van der Waals surface area contributed by atoms with E-state index in [1.54, 1.807) is 13.2 Å². The van der Waals surface area contributed by atoms with E-state index in [4.69, 9.17) is 4.74 Å². The molecule has 4 rings (SSSR count). The van der Waals surface area contributed by atoms with Gasteiger partial charge < -0.3 is 14.5 Å². The maximum atomic E-state index is 13.2. The van der Waals surface area contributed by atoms with Gasteiger partial charge in [0, 0.05) is 37.7 Å². The first-order chi connectivity index (χ1) is 14.2. The third-order valence-electron chi connectivity index (χ3n) is 6.11. The zero-order valence-corrected chi connectivity index (χ0v) is 17.0. The fourth-order valence-electron chi connectivity index (χ4n) is 4.42. The van der Waals surface area contributed by atoms with Crippen molar-refractivity contribution in [2.45, 2.75) is 32.2 Å². The second kappa shape index (κ2) is 8.68. The molecule has 0 bridgehead atoms. The van der Waals surface area contributed by atoms with Gasteiger partial charge in [-0.2, -0.15) is 0 Å². The zero-order valence-electron chi connectivity index (χ0n) is 17.0. The van der Waals surface area contributed by atoms with E-state index in [1.165, 1.54) is 11.1 Å². The molecule has 1 fully saturated rings. The number of aryl methyl sites for hydroxylation is 1. The van der Waals surface area contributed by atoms with E-state index in [0.29, 0.717) is 30.9 Å². The van der Waals surface area contributed by atoms with Crippen molar-refractivity contribution in [3.05, 3.63) is 65.2 Å². The summed E-state index contributed by atoms with van der Waals surface area (Å²) >= 11 is 0. The van der Waals surface area contributed by atoms with Crippen molar-refractivity contribution in [1.29, 1.82) is 0 Å². The molecule has 0 radical (unpaired) electrons. The van der Waals surface area contributed by atoms with Crippen LogP contribution in [0.3, 0.4) is 0 Å². The van der Waals surface area contributed by atoms with Crippen molar-refractivity contribution in [1.82, 2.24) is 9.80 Å². The molecule has 0 N–H and O–H groups in total. The Morgan fingerprint density at radius 2 is 1.69 bits per heavy atom. The average Bonchev–Trinajstić information content (AvgIpc) is 3.01. The summed E-state index contributed by atoms with van der Waals surface area (Å²) in [6, 6.07) is 15.7. The predicted molar refractivity (Wildman–Crippen MR) is 112 cm³/mol. The Bertz CT molecular complexity index is 887. The SMILES string of the molecule is COc1cccc(C(=O)N2CCC(C(=O)N3CCCc4ccccc4C3)CC2)c1. The number of nitrogens with zero attached hydrogens (tertiary/aromatic N) is 2. The van der Waals surface area contributed by atoms with Crippen LogP contribution in [0.25, 0.3) is 0 Å². The number of carbonyl (C=O) groups excluding carboxylic acids is 2. The number of hydrogen-bond donors (Lipinski definition) is 0. The summed E-state index contributed by atoms with van der Waals surface area (Å²) in [7, 11) is 1.60. The normalized spacial score (nSPS) is 17.4. The first-order valence-corrected chi connectivity index (χ1v) is 10.4. The molecule has 0 saturated carbocycles. The topological polar surface area (TPSA) is 49.9 Å². The lowest BCUT2D eigenvalue weighted by Gasteiger charge is -2.34. The van der Waals surface area contributed by atoms with Gasteiger partial charge in [0.05, 0.1) is 7.11 Å². The van der Waals surface area contributed by atoms with Crippen LogP contribution in [-0.2, 0) is 17.8 Å². The van der Waals surface area contributed by atoms with Crippen molar-refractivity contribution in [3.63, 3.8) is 0 Å². The molecule has 0 spiro atoms. The fraction of sp³-hybridized carbons (Fsp3) is 0.417. The lowest BCUT2D eigenvalue weighted by Crippen LogP contribution is -2.44. The van der Waals surface area contributed by atoms with E-state index in [-0.39, 0.29) is 17.7 Å². The highest BCUT2D eigenvalue weighted by Crippen LogP contribution is 2.25. The van der Waals surface area contributed by atoms with Gasteiger partial charge in [-0.15, -0.1) is 0 Å².